The van der Waals surface area contributed by atoms with Crippen LogP contribution in [0.25, 0.3) is 0 Å². The Hall–Kier alpha value is -1.32. The summed E-state index contributed by atoms with van der Waals surface area (Å²) in [5, 5.41) is 12.4. The van der Waals surface area contributed by atoms with Crippen LogP contribution in [0.2, 0.25) is 0 Å². The summed E-state index contributed by atoms with van der Waals surface area (Å²) in [6, 6.07) is 0. The van der Waals surface area contributed by atoms with Gasteiger partial charge in [-0.1, -0.05) is 5.16 Å². The van der Waals surface area contributed by atoms with Crippen LogP contribution in [0, 0.1) is 13.8 Å². The van der Waals surface area contributed by atoms with Crippen molar-refractivity contribution in [2.45, 2.75) is 26.7 Å². The van der Waals surface area contributed by atoms with Gasteiger partial charge in [0.15, 0.2) is 0 Å². The number of carbonyl (C=O) groups is 1. The number of aryl methyl sites for hydroxylation is 2. The molecule has 1 rings (SSSR count). The average molecular weight is 169 g/mol. The molecule has 4 heteroatoms. The van der Waals surface area contributed by atoms with Crippen LogP contribution < -0.4 is 0 Å². The van der Waals surface area contributed by atoms with Crippen LogP contribution in [-0.4, -0.2) is 16.2 Å². The van der Waals surface area contributed by atoms with Crippen molar-refractivity contribution >= 4 is 5.97 Å². The van der Waals surface area contributed by atoms with Crippen molar-refractivity contribution in [3.8, 4) is 0 Å². The van der Waals surface area contributed by atoms with Crippen molar-refractivity contribution < 1.29 is 14.4 Å². The molecule has 0 saturated carbocycles. The highest BCUT2D eigenvalue weighted by Gasteiger charge is 2.21. The van der Waals surface area contributed by atoms with Gasteiger partial charge < -0.3 is 9.63 Å². The molecule has 0 bridgehead atoms. The maximum atomic E-state index is 10.6. The molecule has 0 amide bonds. The van der Waals surface area contributed by atoms with E-state index in [9.17, 15) is 4.79 Å². The minimum atomic E-state index is -0.857. The number of hydrogen-bond donors (Lipinski definition) is 1. The van der Waals surface area contributed by atoms with E-state index in [1.165, 1.54) is 0 Å². The molecule has 1 atom stereocenters. The van der Waals surface area contributed by atoms with Crippen LogP contribution in [-0.2, 0) is 4.79 Å². The maximum Gasteiger partial charge on any atom is 0.310 e. The summed E-state index contributed by atoms with van der Waals surface area (Å²) in [6.45, 7) is 5.08. The summed E-state index contributed by atoms with van der Waals surface area (Å²) >= 11 is 0. The molecule has 0 radical (unpaired) electrons. The molecular formula is C8H11NO3. The van der Waals surface area contributed by atoms with Gasteiger partial charge in [-0.25, -0.2) is 0 Å². The van der Waals surface area contributed by atoms with Crippen molar-refractivity contribution in [3.63, 3.8) is 0 Å². The van der Waals surface area contributed by atoms with E-state index in [0.29, 0.717) is 17.0 Å². The average Bonchev–Trinajstić information content (AvgIpc) is 2.30. The second-order valence-electron chi connectivity index (χ2n) is 2.80. The third-order valence-electron chi connectivity index (χ3n) is 1.89. The SMILES string of the molecule is Cc1noc(C)c1[C@H](C)C(=O)O. The van der Waals surface area contributed by atoms with Gasteiger partial charge in [0, 0.05) is 5.56 Å². The lowest BCUT2D eigenvalue weighted by atomic mass is 10.0. The fourth-order valence-electron chi connectivity index (χ4n) is 1.23. The van der Waals surface area contributed by atoms with Crippen LogP contribution in [0.15, 0.2) is 4.52 Å². The summed E-state index contributed by atoms with van der Waals surface area (Å²) < 4.78 is 4.85. The van der Waals surface area contributed by atoms with Crippen LogP contribution in [0.1, 0.15) is 29.9 Å². The van der Waals surface area contributed by atoms with Crippen molar-refractivity contribution in [1.29, 1.82) is 0 Å². The first-order valence-corrected chi connectivity index (χ1v) is 3.69. The van der Waals surface area contributed by atoms with E-state index < -0.39 is 11.9 Å². The second-order valence-corrected chi connectivity index (χ2v) is 2.80. The van der Waals surface area contributed by atoms with Crippen LogP contribution in [0.3, 0.4) is 0 Å². The van der Waals surface area contributed by atoms with E-state index in [1.807, 2.05) is 0 Å². The molecule has 1 N–H and O–H groups in total. The molecule has 0 fully saturated rings. The first kappa shape index (κ1) is 8.77. The summed E-state index contributed by atoms with van der Waals surface area (Å²) in [6.07, 6.45) is 0. The molecule has 0 spiro atoms. The van der Waals surface area contributed by atoms with Crippen molar-refractivity contribution in [3.05, 3.63) is 17.0 Å². The molecule has 0 aliphatic carbocycles. The molecule has 4 nitrogen and oxygen atoms in total. The third-order valence-corrected chi connectivity index (χ3v) is 1.89. The topological polar surface area (TPSA) is 63.3 Å². The van der Waals surface area contributed by atoms with E-state index in [-0.39, 0.29) is 0 Å². The Bertz CT molecular complexity index is 284. The molecule has 66 valence electrons. The van der Waals surface area contributed by atoms with Gasteiger partial charge in [-0.15, -0.1) is 0 Å². The number of carboxylic acids is 1. The number of aromatic nitrogens is 1. The summed E-state index contributed by atoms with van der Waals surface area (Å²) in [4.78, 5) is 10.6. The number of aliphatic carboxylic acids is 1. The number of rotatable bonds is 2. The van der Waals surface area contributed by atoms with Crippen LogP contribution >= 0.6 is 0 Å². The van der Waals surface area contributed by atoms with Gasteiger partial charge in [0.25, 0.3) is 0 Å². The zero-order valence-electron chi connectivity index (χ0n) is 7.29. The van der Waals surface area contributed by atoms with Gasteiger partial charge >= 0.3 is 5.97 Å². The molecule has 1 heterocycles. The molecule has 1 aromatic heterocycles. The Labute approximate surface area is 70.2 Å². The normalized spacial score (nSPS) is 12.9. The monoisotopic (exact) mass is 169 g/mol. The molecule has 0 aliphatic heterocycles. The smallest absolute Gasteiger partial charge is 0.310 e. The third kappa shape index (κ3) is 1.32. The zero-order chi connectivity index (χ0) is 9.30. The minimum Gasteiger partial charge on any atom is -0.481 e. The summed E-state index contributed by atoms with van der Waals surface area (Å²) in [7, 11) is 0. The predicted octanol–water partition coefficient (Wildman–Crippen LogP) is 1.48. The lowest BCUT2D eigenvalue weighted by Crippen LogP contribution is -2.08. The minimum absolute atomic E-state index is 0.545. The molecule has 0 saturated heterocycles. The maximum absolute atomic E-state index is 10.6. The fourth-order valence-corrected chi connectivity index (χ4v) is 1.23. The van der Waals surface area contributed by atoms with E-state index in [4.69, 9.17) is 9.63 Å². The molecule has 0 unspecified atom stereocenters. The van der Waals surface area contributed by atoms with E-state index >= 15 is 0 Å². The highest BCUT2D eigenvalue weighted by molar-refractivity contribution is 5.76. The number of hydrogen-bond acceptors (Lipinski definition) is 3. The van der Waals surface area contributed by atoms with Gasteiger partial charge in [-0.2, -0.15) is 0 Å². The highest BCUT2D eigenvalue weighted by Crippen LogP contribution is 2.22. The molecule has 0 aromatic carbocycles. The van der Waals surface area contributed by atoms with Crippen molar-refractivity contribution in [1.82, 2.24) is 5.16 Å². The first-order valence-electron chi connectivity index (χ1n) is 3.69. The van der Waals surface area contributed by atoms with Gasteiger partial charge in [0.2, 0.25) is 0 Å². The van der Waals surface area contributed by atoms with E-state index in [2.05, 4.69) is 5.16 Å². The Balaban J connectivity index is 3.08. The molecular weight excluding hydrogens is 158 g/mol. The molecule has 0 aliphatic rings. The van der Waals surface area contributed by atoms with Crippen LogP contribution in [0.4, 0.5) is 0 Å². The lowest BCUT2D eigenvalue weighted by molar-refractivity contribution is -0.138. The Morgan fingerprint density at radius 2 is 2.17 bits per heavy atom. The second kappa shape index (κ2) is 2.97. The van der Waals surface area contributed by atoms with Gasteiger partial charge in [0.1, 0.15) is 5.76 Å². The van der Waals surface area contributed by atoms with Gasteiger partial charge in [0.05, 0.1) is 11.6 Å². The van der Waals surface area contributed by atoms with E-state index in [0.717, 1.165) is 0 Å². The highest BCUT2D eigenvalue weighted by atomic mass is 16.5. The van der Waals surface area contributed by atoms with E-state index in [1.54, 1.807) is 20.8 Å². The fraction of sp³-hybridized carbons (Fsp3) is 0.500. The summed E-state index contributed by atoms with van der Waals surface area (Å²) in [5.41, 5.74) is 1.34. The molecule has 1 aromatic rings. The summed E-state index contributed by atoms with van der Waals surface area (Å²) in [5.74, 6) is -0.817. The largest absolute Gasteiger partial charge is 0.481 e. The molecule has 12 heavy (non-hydrogen) atoms. The van der Waals surface area contributed by atoms with Crippen LogP contribution in [0.5, 0.6) is 0 Å². The predicted molar refractivity (Wildman–Crippen MR) is 42.0 cm³/mol. The first-order chi connectivity index (χ1) is 5.54. The lowest BCUT2D eigenvalue weighted by Gasteiger charge is -2.03. The van der Waals surface area contributed by atoms with Gasteiger partial charge in [-0.3, -0.25) is 4.79 Å². The Morgan fingerprint density at radius 3 is 2.50 bits per heavy atom. The Morgan fingerprint density at radius 1 is 1.58 bits per heavy atom. The number of carboxylic acid groups (broad SMARTS) is 1. The van der Waals surface area contributed by atoms with Crippen molar-refractivity contribution in [2.24, 2.45) is 0 Å². The van der Waals surface area contributed by atoms with Crippen molar-refractivity contribution in [2.75, 3.05) is 0 Å². The zero-order valence-corrected chi connectivity index (χ0v) is 7.29. The quantitative estimate of drug-likeness (QED) is 0.728. The van der Waals surface area contributed by atoms with Gasteiger partial charge in [-0.05, 0) is 20.8 Å². The standard InChI is InChI=1S/C8H11NO3/c1-4(8(10)11)7-5(2)9-12-6(7)3/h4H,1-3H3,(H,10,11)/t4-/m0/s1. The Kier molecular flexibility index (Phi) is 2.17. The number of nitrogens with zero attached hydrogens (tertiary/aromatic N) is 1.